The van der Waals surface area contributed by atoms with E-state index in [0.717, 1.165) is 17.6 Å². The third-order valence-electron chi connectivity index (χ3n) is 2.70. The van der Waals surface area contributed by atoms with Crippen LogP contribution >= 0.6 is 0 Å². The number of alkyl halides is 3. The Morgan fingerprint density at radius 1 is 1.05 bits per heavy atom. The van der Waals surface area contributed by atoms with Crippen LogP contribution in [0.3, 0.4) is 0 Å². The Morgan fingerprint density at radius 3 is 2.25 bits per heavy atom. The number of rotatable bonds is 3. The average molecular weight is 278 g/mol. The molecule has 2 nitrogen and oxygen atoms in total. The summed E-state index contributed by atoms with van der Waals surface area (Å²) in [5, 5.41) is 0. The molecule has 0 aliphatic carbocycles. The van der Waals surface area contributed by atoms with E-state index in [-0.39, 0.29) is 5.75 Å². The van der Waals surface area contributed by atoms with Crippen molar-refractivity contribution in [3.05, 3.63) is 53.6 Å². The average Bonchev–Trinajstić information content (AvgIpc) is 2.40. The van der Waals surface area contributed by atoms with Gasteiger partial charge in [-0.25, -0.2) is 0 Å². The lowest BCUT2D eigenvalue weighted by atomic mass is 9.94. The highest BCUT2D eigenvalue weighted by atomic mass is 19.4. The van der Waals surface area contributed by atoms with E-state index in [2.05, 4.69) is 0 Å². The van der Waals surface area contributed by atoms with Crippen LogP contribution in [0.4, 0.5) is 13.2 Å². The molecule has 0 saturated heterocycles. The topological polar surface area (TPSA) is 26.3 Å². The number of halogens is 3. The molecule has 0 radical (unpaired) electrons. The maximum absolute atomic E-state index is 12.4. The molecule has 2 aromatic rings. The maximum atomic E-state index is 12.4. The number of carbonyl (C=O) groups excluding carboxylic acids is 1. The number of hydrogen-bond acceptors (Lipinski definition) is 2. The van der Waals surface area contributed by atoms with Crippen molar-refractivity contribution in [2.24, 2.45) is 0 Å². The van der Waals surface area contributed by atoms with Crippen LogP contribution in [0.1, 0.15) is 15.9 Å². The summed E-state index contributed by atoms with van der Waals surface area (Å²) < 4.78 is 42.7. The predicted molar refractivity (Wildman–Crippen MR) is 71.5 cm³/mol. The minimum atomic E-state index is -4.38. The van der Waals surface area contributed by atoms with Gasteiger partial charge in [0.1, 0.15) is 19.3 Å². The molecule has 0 aliphatic rings. The SMILES string of the molecule is Bc1ccc(Oc2ccc(C(F)(F)F)cc2)c(C=O)c1. The monoisotopic (exact) mass is 278 g/mol. The number of aldehydes is 1. The quantitative estimate of drug-likeness (QED) is 0.637. The molecular weight excluding hydrogens is 268 g/mol. The summed E-state index contributed by atoms with van der Waals surface area (Å²) in [6.45, 7) is 0. The van der Waals surface area contributed by atoms with Gasteiger partial charge in [-0.2, -0.15) is 13.2 Å². The first-order valence-corrected chi connectivity index (χ1v) is 5.81. The molecule has 0 unspecified atom stereocenters. The molecule has 0 saturated carbocycles. The normalized spacial score (nSPS) is 11.2. The lowest BCUT2D eigenvalue weighted by Crippen LogP contribution is -2.05. The van der Waals surface area contributed by atoms with Gasteiger partial charge in [0.2, 0.25) is 0 Å². The van der Waals surface area contributed by atoms with Gasteiger partial charge in [-0.3, -0.25) is 4.79 Å². The van der Waals surface area contributed by atoms with E-state index < -0.39 is 11.7 Å². The molecule has 2 rings (SSSR count). The van der Waals surface area contributed by atoms with Gasteiger partial charge >= 0.3 is 6.18 Å². The molecule has 2 aromatic carbocycles. The lowest BCUT2D eigenvalue weighted by Gasteiger charge is -2.10. The Kier molecular flexibility index (Phi) is 3.83. The first-order chi connectivity index (χ1) is 9.40. The Morgan fingerprint density at radius 2 is 1.70 bits per heavy atom. The fourth-order valence-electron chi connectivity index (χ4n) is 1.69. The fourth-order valence-corrected chi connectivity index (χ4v) is 1.69. The van der Waals surface area contributed by atoms with Crippen LogP contribution in [0.2, 0.25) is 0 Å². The molecule has 0 atom stereocenters. The van der Waals surface area contributed by atoms with Gasteiger partial charge in [-0.1, -0.05) is 17.6 Å². The van der Waals surface area contributed by atoms with Gasteiger partial charge in [0.25, 0.3) is 0 Å². The Hall–Kier alpha value is -2.24. The number of hydrogen-bond donors (Lipinski definition) is 0. The predicted octanol–water partition coefficient (Wildman–Crippen LogP) is 2.57. The van der Waals surface area contributed by atoms with E-state index in [0.29, 0.717) is 17.6 Å². The Labute approximate surface area is 114 Å². The minimum Gasteiger partial charge on any atom is -0.457 e. The third-order valence-corrected chi connectivity index (χ3v) is 2.70. The Balaban J connectivity index is 2.25. The molecule has 0 bridgehead atoms. The summed E-state index contributed by atoms with van der Waals surface area (Å²) in [6, 6.07) is 9.32. The summed E-state index contributed by atoms with van der Waals surface area (Å²) >= 11 is 0. The van der Waals surface area contributed by atoms with E-state index in [4.69, 9.17) is 4.74 Å². The molecule has 0 spiro atoms. The van der Waals surface area contributed by atoms with Gasteiger partial charge in [-0.15, -0.1) is 0 Å². The van der Waals surface area contributed by atoms with Crippen LogP contribution in [-0.4, -0.2) is 14.1 Å². The van der Waals surface area contributed by atoms with E-state index in [1.54, 1.807) is 18.2 Å². The summed E-state index contributed by atoms with van der Waals surface area (Å²) in [6.07, 6.45) is -3.73. The van der Waals surface area contributed by atoms with Gasteiger partial charge < -0.3 is 4.74 Å². The van der Waals surface area contributed by atoms with Crippen molar-refractivity contribution in [1.29, 1.82) is 0 Å². The first kappa shape index (κ1) is 14.2. The molecule has 0 amide bonds. The standard InChI is InChI=1S/C14H10BF3O2/c15-11-3-6-13(9(7-11)8-19)20-12-4-1-10(2-5-12)14(16,17)18/h1-8H,15H2. The zero-order valence-electron chi connectivity index (χ0n) is 10.6. The van der Waals surface area contributed by atoms with Crippen molar-refractivity contribution in [2.75, 3.05) is 0 Å². The third kappa shape index (κ3) is 3.20. The molecule has 102 valence electrons. The smallest absolute Gasteiger partial charge is 0.416 e. The second-order valence-corrected chi connectivity index (χ2v) is 4.28. The molecule has 6 heteroatoms. The Bertz CT molecular complexity index is 621. The fraction of sp³-hybridized carbons (Fsp3) is 0.0714. The van der Waals surface area contributed by atoms with Crippen molar-refractivity contribution < 1.29 is 22.7 Å². The molecule has 0 aliphatic heterocycles. The van der Waals surface area contributed by atoms with E-state index >= 15 is 0 Å². The summed E-state index contributed by atoms with van der Waals surface area (Å²) in [7, 11) is 1.83. The molecule has 20 heavy (non-hydrogen) atoms. The van der Waals surface area contributed by atoms with Crippen LogP contribution in [0.5, 0.6) is 11.5 Å². The van der Waals surface area contributed by atoms with Gasteiger partial charge in [0, 0.05) is 0 Å². The molecule has 0 fully saturated rings. The van der Waals surface area contributed by atoms with Gasteiger partial charge in [-0.05, 0) is 30.3 Å². The lowest BCUT2D eigenvalue weighted by molar-refractivity contribution is -0.137. The second-order valence-electron chi connectivity index (χ2n) is 4.28. The van der Waals surface area contributed by atoms with Crippen molar-refractivity contribution in [2.45, 2.75) is 6.18 Å². The van der Waals surface area contributed by atoms with Crippen LogP contribution in [0, 0.1) is 0 Å². The second kappa shape index (κ2) is 5.40. The van der Waals surface area contributed by atoms with Gasteiger partial charge in [0.15, 0.2) is 6.29 Å². The number of carbonyl (C=O) groups is 1. The summed E-state index contributed by atoms with van der Waals surface area (Å²) in [4.78, 5) is 10.9. The number of benzene rings is 2. The van der Waals surface area contributed by atoms with Crippen molar-refractivity contribution >= 4 is 19.6 Å². The van der Waals surface area contributed by atoms with Crippen LogP contribution in [0.25, 0.3) is 0 Å². The molecule has 0 N–H and O–H groups in total. The van der Waals surface area contributed by atoms with Crippen LogP contribution in [0.15, 0.2) is 42.5 Å². The van der Waals surface area contributed by atoms with Crippen molar-refractivity contribution in [1.82, 2.24) is 0 Å². The zero-order valence-corrected chi connectivity index (χ0v) is 10.6. The minimum absolute atomic E-state index is 0.241. The molecule has 0 aromatic heterocycles. The molecule has 0 heterocycles. The van der Waals surface area contributed by atoms with E-state index in [9.17, 15) is 18.0 Å². The maximum Gasteiger partial charge on any atom is 0.416 e. The van der Waals surface area contributed by atoms with Crippen molar-refractivity contribution in [3.63, 3.8) is 0 Å². The van der Waals surface area contributed by atoms with E-state index in [1.807, 2.05) is 7.85 Å². The van der Waals surface area contributed by atoms with Crippen LogP contribution in [-0.2, 0) is 6.18 Å². The highest BCUT2D eigenvalue weighted by Gasteiger charge is 2.30. The van der Waals surface area contributed by atoms with Gasteiger partial charge in [0.05, 0.1) is 11.1 Å². The van der Waals surface area contributed by atoms with Crippen LogP contribution < -0.4 is 10.2 Å². The van der Waals surface area contributed by atoms with E-state index in [1.165, 1.54) is 12.1 Å². The summed E-state index contributed by atoms with van der Waals surface area (Å²) in [5.74, 6) is 0.551. The largest absolute Gasteiger partial charge is 0.457 e. The molecular formula is C14H10BF3O2. The van der Waals surface area contributed by atoms with Crippen molar-refractivity contribution in [3.8, 4) is 11.5 Å². The zero-order chi connectivity index (χ0) is 14.8. The highest BCUT2D eigenvalue weighted by molar-refractivity contribution is 6.32. The first-order valence-electron chi connectivity index (χ1n) is 5.81. The number of ether oxygens (including phenoxy) is 1. The summed E-state index contributed by atoms with van der Waals surface area (Å²) in [5.41, 5.74) is 0.501. The highest BCUT2D eigenvalue weighted by Crippen LogP contribution is 2.31.